The fourth-order valence-corrected chi connectivity index (χ4v) is 3.31. The van der Waals surface area contributed by atoms with E-state index in [1.54, 1.807) is 0 Å². The van der Waals surface area contributed by atoms with E-state index in [2.05, 4.69) is 11.9 Å². The molecule has 5 nitrogen and oxygen atoms in total. The fraction of sp³-hybridized carbons (Fsp3) is 0.692. The number of carbonyl (C=O) groups excluding carboxylic acids is 1. The third-order valence-corrected chi connectivity index (χ3v) is 4.01. The standard InChI is InChI=1S/C13H19NO4/c1-2-5-18-12(17)14-13(11(15)16)7-9-3-4-10(6-9)8-13/h2,9-10H,1,3-8H2,(H,14,17)(H,15,16)/t9-,10+,13?. The number of aliphatic carboxylic acids is 1. The summed E-state index contributed by atoms with van der Waals surface area (Å²) in [5.74, 6) is -0.117. The van der Waals surface area contributed by atoms with Crippen molar-refractivity contribution in [3.8, 4) is 0 Å². The summed E-state index contributed by atoms with van der Waals surface area (Å²) in [5, 5.41) is 12.0. The van der Waals surface area contributed by atoms with Crippen LogP contribution >= 0.6 is 0 Å². The summed E-state index contributed by atoms with van der Waals surface area (Å²) < 4.78 is 4.83. The Labute approximate surface area is 106 Å². The zero-order valence-corrected chi connectivity index (χ0v) is 10.4. The molecule has 0 radical (unpaired) electrons. The van der Waals surface area contributed by atoms with Gasteiger partial charge in [-0.15, -0.1) is 0 Å². The molecule has 0 aromatic carbocycles. The summed E-state index contributed by atoms with van der Waals surface area (Å²) in [6.45, 7) is 3.54. The number of carboxylic acids is 1. The maximum Gasteiger partial charge on any atom is 0.408 e. The summed E-state index contributed by atoms with van der Waals surface area (Å²) in [6, 6.07) is 0. The zero-order chi connectivity index (χ0) is 13.2. The van der Waals surface area contributed by atoms with Crippen LogP contribution in [-0.4, -0.2) is 29.3 Å². The number of hydrogen-bond donors (Lipinski definition) is 2. The third-order valence-electron chi connectivity index (χ3n) is 4.01. The molecule has 18 heavy (non-hydrogen) atoms. The van der Waals surface area contributed by atoms with Gasteiger partial charge >= 0.3 is 12.1 Å². The first kappa shape index (κ1) is 12.9. The number of ether oxygens (including phenoxy) is 1. The summed E-state index contributed by atoms with van der Waals surface area (Å²) in [5.41, 5.74) is -1.14. The van der Waals surface area contributed by atoms with Crippen molar-refractivity contribution in [3.05, 3.63) is 12.7 Å². The molecule has 100 valence electrons. The minimum atomic E-state index is -1.14. The second-order valence-electron chi connectivity index (χ2n) is 5.35. The van der Waals surface area contributed by atoms with Crippen LogP contribution in [0.3, 0.4) is 0 Å². The van der Waals surface area contributed by atoms with E-state index in [0.29, 0.717) is 24.7 Å². The molecule has 3 atom stereocenters. The molecule has 2 rings (SSSR count). The van der Waals surface area contributed by atoms with Crippen LogP contribution in [-0.2, 0) is 9.53 Å². The molecule has 1 amide bonds. The van der Waals surface area contributed by atoms with Crippen molar-refractivity contribution < 1.29 is 19.4 Å². The maximum atomic E-state index is 11.6. The van der Waals surface area contributed by atoms with Crippen molar-refractivity contribution in [1.29, 1.82) is 0 Å². The molecule has 2 fully saturated rings. The molecule has 1 unspecified atom stereocenters. The van der Waals surface area contributed by atoms with Gasteiger partial charge in [0.2, 0.25) is 0 Å². The van der Waals surface area contributed by atoms with Gasteiger partial charge in [0, 0.05) is 0 Å². The summed E-state index contributed by atoms with van der Waals surface area (Å²) in [7, 11) is 0. The van der Waals surface area contributed by atoms with Gasteiger partial charge in [-0.25, -0.2) is 9.59 Å². The first-order chi connectivity index (χ1) is 8.55. The van der Waals surface area contributed by atoms with Gasteiger partial charge in [0.15, 0.2) is 0 Å². The van der Waals surface area contributed by atoms with E-state index in [4.69, 9.17) is 4.74 Å². The Morgan fingerprint density at radius 3 is 2.50 bits per heavy atom. The third kappa shape index (κ3) is 2.49. The van der Waals surface area contributed by atoms with Gasteiger partial charge < -0.3 is 15.2 Å². The van der Waals surface area contributed by atoms with Crippen LogP contribution in [0.25, 0.3) is 0 Å². The highest BCUT2D eigenvalue weighted by atomic mass is 16.5. The van der Waals surface area contributed by atoms with E-state index >= 15 is 0 Å². The molecular formula is C13H19NO4. The lowest BCUT2D eigenvalue weighted by molar-refractivity contribution is -0.147. The van der Waals surface area contributed by atoms with Crippen LogP contribution in [0.5, 0.6) is 0 Å². The Morgan fingerprint density at radius 1 is 1.39 bits per heavy atom. The molecule has 0 aromatic heterocycles. The fourth-order valence-electron chi connectivity index (χ4n) is 3.31. The Balaban J connectivity index is 2.05. The molecule has 2 N–H and O–H groups in total. The number of carboxylic acid groups (broad SMARTS) is 1. The summed E-state index contributed by atoms with van der Waals surface area (Å²) in [6.07, 6.45) is 5.06. The van der Waals surface area contributed by atoms with Gasteiger partial charge in [-0.05, 0) is 31.1 Å². The predicted molar refractivity (Wildman–Crippen MR) is 65.1 cm³/mol. The van der Waals surface area contributed by atoms with E-state index in [1.807, 2.05) is 0 Å². The number of rotatable bonds is 4. The number of carbonyl (C=O) groups is 2. The average Bonchev–Trinajstić information content (AvgIpc) is 2.66. The number of nitrogens with one attached hydrogen (secondary N) is 1. The van der Waals surface area contributed by atoms with Crippen molar-refractivity contribution in [2.75, 3.05) is 6.61 Å². The second-order valence-corrected chi connectivity index (χ2v) is 5.35. The highest BCUT2D eigenvalue weighted by Crippen LogP contribution is 2.46. The Bertz CT molecular complexity index is 354. The van der Waals surface area contributed by atoms with Crippen LogP contribution in [0.15, 0.2) is 12.7 Å². The second kappa shape index (κ2) is 5.00. The molecule has 0 spiro atoms. The molecule has 0 saturated heterocycles. The van der Waals surface area contributed by atoms with Crippen molar-refractivity contribution in [2.45, 2.75) is 37.6 Å². The molecule has 2 aliphatic rings. The first-order valence-corrected chi connectivity index (χ1v) is 6.35. The van der Waals surface area contributed by atoms with Crippen LogP contribution in [0.2, 0.25) is 0 Å². The number of amides is 1. The molecule has 2 bridgehead atoms. The number of fused-ring (bicyclic) bond motifs is 2. The minimum Gasteiger partial charge on any atom is -0.480 e. The molecular weight excluding hydrogens is 234 g/mol. The number of hydrogen-bond acceptors (Lipinski definition) is 3. The van der Waals surface area contributed by atoms with Crippen LogP contribution in [0.1, 0.15) is 32.1 Å². The normalized spacial score (nSPS) is 33.8. The van der Waals surface area contributed by atoms with E-state index in [0.717, 1.165) is 19.3 Å². The largest absolute Gasteiger partial charge is 0.480 e. The maximum absolute atomic E-state index is 11.6. The highest BCUT2D eigenvalue weighted by Gasteiger charge is 2.50. The molecule has 2 aliphatic carbocycles. The van der Waals surface area contributed by atoms with Gasteiger partial charge in [-0.3, -0.25) is 0 Å². The van der Waals surface area contributed by atoms with E-state index in [9.17, 15) is 14.7 Å². The smallest absolute Gasteiger partial charge is 0.408 e. The lowest BCUT2D eigenvalue weighted by Crippen LogP contribution is -2.57. The van der Waals surface area contributed by atoms with Gasteiger partial charge in [-0.1, -0.05) is 25.5 Å². The first-order valence-electron chi connectivity index (χ1n) is 6.35. The quantitative estimate of drug-likeness (QED) is 0.751. The van der Waals surface area contributed by atoms with Crippen molar-refractivity contribution in [2.24, 2.45) is 11.8 Å². The van der Waals surface area contributed by atoms with E-state index < -0.39 is 17.6 Å². The topological polar surface area (TPSA) is 75.6 Å². The van der Waals surface area contributed by atoms with Gasteiger partial charge in [0.1, 0.15) is 12.1 Å². The number of alkyl carbamates (subject to hydrolysis) is 1. The van der Waals surface area contributed by atoms with Crippen LogP contribution in [0, 0.1) is 11.8 Å². The predicted octanol–water partition coefficient (Wildman–Crippen LogP) is 1.93. The lowest BCUT2D eigenvalue weighted by Gasteiger charge is -2.37. The molecule has 0 aromatic rings. The Morgan fingerprint density at radius 2 is 2.00 bits per heavy atom. The molecule has 5 heteroatoms. The van der Waals surface area contributed by atoms with E-state index in [1.165, 1.54) is 6.08 Å². The summed E-state index contributed by atoms with van der Waals surface area (Å²) >= 11 is 0. The monoisotopic (exact) mass is 253 g/mol. The van der Waals surface area contributed by atoms with Crippen LogP contribution < -0.4 is 5.32 Å². The zero-order valence-electron chi connectivity index (χ0n) is 10.4. The van der Waals surface area contributed by atoms with Crippen molar-refractivity contribution >= 4 is 12.1 Å². The molecule has 2 saturated carbocycles. The van der Waals surface area contributed by atoms with E-state index in [-0.39, 0.29) is 6.61 Å². The van der Waals surface area contributed by atoms with Gasteiger partial charge in [0.25, 0.3) is 0 Å². The molecule has 0 heterocycles. The van der Waals surface area contributed by atoms with Crippen molar-refractivity contribution in [1.82, 2.24) is 5.32 Å². The van der Waals surface area contributed by atoms with Gasteiger partial charge in [0.05, 0.1) is 0 Å². The minimum absolute atomic E-state index is 0.0917. The van der Waals surface area contributed by atoms with Crippen molar-refractivity contribution in [3.63, 3.8) is 0 Å². The SMILES string of the molecule is C=CCOC(=O)NC1(C(=O)O)C[C@@H]2CC[C@@H](C2)C1. The lowest BCUT2D eigenvalue weighted by atomic mass is 9.75. The summed E-state index contributed by atoms with van der Waals surface area (Å²) in [4.78, 5) is 23.1. The Kier molecular flexibility index (Phi) is 3.59. The van der Waals surface area contributed by atoms with Crippen LogP contribution in [0.4, 0.5) is 4.79 Å². The average molecular weight is 253 g/mol. The highest BCUT2D eigenvalue weighted by molar-refractivity contribution is 5.84. The Hall–Kier alpha value is -1.52. The van der Waals surface area contributed by atoms with Gasteiger partial charge in [-0.2, -0.15) is 0 Å². The molecule has 0 aliphatic heterocycles.